The number of esters is 1. The molecule has 6 heteroatoms. The molecule has 0 aliphatic rings. The summed E-state index contributed by atoms with van der Waals surface area (Å²) in [5.74, 6) is 0.297. The van der Waals surface area contributed by atoms with Crippen molar-refractivity contribution in [2.24, 2.45) is 0 Å². The summed E-state index contributed by atoms with van der Waals surface area (Å²) in [5.41, 5.74) is 7.30. The van der Waals surface area contributed by atoms with E-state index in [-0.39, 0.29) is 11.3 Å². The number of rotatable bonds is 4. The standard InChI is InChI=1S/C13H15N3O3/c1-3-18-13(17)9-5-4-6-10(12(9)14)19-11-7-8(2)15-16-11/h4-7H,3,14H2,1-2H3,(H,15,16). The Balaban J connectivity index is 2.27. The Hall–Kier alpha value is -2.50. The van der Waals surface area contributed by atoms with Crippen molar-refractivity contribution in [3.05, 3.63) is 35.5 Å². The van der Waals surface area contributed by atoms with Crippen molar-refractivity contribution in [1.82, 2.24) is 10.2 Å². The molecule has 0 atom stereocenters. The fraction of sp³-hybridized carbons (Fsp3) is 0.231. The second kappa shape index (κ2) is 5.43. The molecule has 0 aliphatic heterocycles. The lowest BCUT2D eigenvalue weighted by atomic mass is 10.1. The van der Waals surface area contributed by atoms with Crippen LogP contribution in [0.5, 0.6) is 11.6 Å². The number of ether oxygens (including phenoxy) is 2. The molecule has 1 aromatic carbocycles. The van der Waals surface area contributed by atoms with Crippen LogP contribution in [0.1, 0.15) is 23.0 Å². The van der Waals surface area contributed by atoms with Gasteiger partial charge in [0, 0.05) is 11.8 Å². The number of nitrogens with zero attached hydrogens (tertiary/aromatic N) is 1. The minimum Gasteiger partial charge on any atom is -0.462 e. The SMILES string of the molecule is CCOC(=O)c1cccc(Oc2cc(C)[nH]n2)c1N. The van der Waals surface area contributed by atoms with Gasteiger partial charge in [0.25, 0.3) is 0 Å². The Morgan fingerprint density at radius 2 is 2.26 bits per heavy atom. The highest BCUT2D eigenvalue weighted by molar-refractivity contribution is 5.96. The number of para-hydroxylation sites is 1. The number of aromatic nitrogens is 2. The van der Waals surface area contributed by atoms with Gasteiger partial charge in [-0.1, -0.05) is 6.07 Å². The van der Waals surface area contributed by atoms with Gasteiger partial charge in [0.2, 0.25) is 5.88 Å². The number of hydrogen-bond donors (Lipinski definition) is 2. The summed E-state index contributed by atoms with van der Waals surface area (Å²) in [5, 5.41) is 6.70. The van der Waals surface area contributed by atoms with Gasteiger partial charge in [0.1, 0.15) is 0 Å². The number of benzene rings is 1. The van der Waals surface area contributed by atoms with Crippen LogP contribution in [0.3, 0.4) is 0 Å². The molecule has 19 heavy (non-hydrogen) atoms. The highest BCUT2D eigenvalue weighted by Crippen LogP contribution is 2.29. The number of nitrogens with one attached hydrogen (secondary N) is 1. The first-order valence-corrected chi connectivity index (χ1v) is 5.87. The van der Waals surface area contributed by atoms with Crippen LogP contribution in [0.2, 0.25) is 0 Å². The van der Waals surface area contributed by atoms with E-state index in [1.807, 2.05) is 6.92 Å². The first kappa shape index (κ1) is 12.9. The molecule has 0 bridgehead atoms. The number of H-pyrrole nitrogens is 1. The third-order valence-corrected chi connectivity index (χ3v) is 2.46. The second-order valence-electron chi connectivity index (χ2n) is 3.93. The van der Waals surface area contributed by atoms with Gasteiger partial charge in [-0.05, 0) is 26.0 Å². The van der Waals surface area contributed by atoms with Gasteiger partial charge in [-0.3, -0.25) is 5.10 Å². The summed E-state index contributed by atoms with van der Waals surface area (Å²) >= 11 is 0. The Morgan fingerprint density at radius 1 is 1.47 bits per heavy atom. The number of nitrogen functional groups attached to an aromatic ring is 1. The lowest BCUT2D eigenvalue weighted by Gasteiger charge is -2.09. The maximum absolute atomic E-state index is 11.7. The minimum absolute atomic E-state index is 0.238. The van der Waals surface area contributed by atoms with Crippen molar-refractivity contribution in [3.8, 4) is 11.6 Å². The zero-order valence-electron chi connectivity index (χ0n) is 10.8. The van der Waals surface area contributed by atoms with Gasteiger partial charge >= 0.3 is 5.97 Å². The average Bonchev–Trinajstić information content (AvgIpc) is 2.78. The van der Waals surface area contributed by atoms with E-state index in [1.54, 1.807) is 31.2 Å². The Morgan fingerprint density at radius 3 is 2.89 bits per heavy atom. The van der Waals surface area contributed by atoms with Crippen LogP contribution in [-0.2, 0) is 4.74 Å². The molecule has 0 spiro atoms. The highest BCUT2D eigenvalue weighted by Gasteiger charge is 2.15. The topological polar surface area (TPSA) is 90.2 Å². The zero-order valence-corrected chi connectivity index (χ0v) is 10.8. The fourth-order valence-corrected chi connectivity index (χ4v) is 1.58. The quantitative estimate of drug-likeness (QED) is 0.650. The average molecular weight is 261 g/mol. The molecule has 0 radical (unpaired) electrons. The Bertz CT molecular complexity index is 593. The molecule has 1 heterocycles. The third-order valence-electron chi connectivity index (χ3n) is 2.46. The van der Waals surface area contributed by atoms with E-state index in [2.05, 4.69) is 10.2 Å². The third kappa shape index (κ3) is 2.85. The van der Waals surface area contributed by atoms with E-state index in [4.69, 9.17) is 15.2 Å². The molecule has 100 valence electrons. The summed E-state index contributed by atoms with van der Waals surface area (Å²) in [4.78, 5) is 11.7. The number of nitrogens with two attached hydrogens (primary N) is 1. The summed E-state index contributed by atoms with van der Waals surface area (Å²) in [6, 6.07) is 6.67. The molecule has 3 N–H and O–H groups in total. The molecular weight excluding hydrogens is 246 g/mol. The van der Waals surface area contributed by atoms with E-state index in [0.29, 0.717) is 18.2 Å². The lowest BCUT2D eigenvalue weighted by Crippen LogP contribution is -2.08. The minimum atomic E-state index is -0.469. The number of aryl methyl sites for hydroxylation is 1. The molecule has 2 aromatic rings. The van der Waals surface area contributed by atoms with Crippen LogP contribution in [-0.4, -0.2) is 22.8 Å². The smallest absolute Gasteiger partial charge is 0.340 e. The summed E-state index contributed by atoms with van der Waals surface area (Å²) in [7, 11) is 0. The van der Waals surface area contributed by atoms with Crippen LogP contribution >= 0.6 is 0 Å². The van der Waals surface area contributed by atoms with E-state index in [1.165, 1.54) is 0 Å². The molecule has 0 aliphatic carbocycles. The first-order chi connectivity index (χ1) is 9.11. The highest BCUT2D eigenvalue weighted by atomic mass is 16.5. The van der Waals surface area contributed by atoms with E-state index >= 15 is 0 Å². The molecular formula is C13H15N3O3. The first-order valence-electron chi connectivity index (χ1n) is 5.87. The molecule has 1 aromatic heterocycles. The normalized spacial score (nSPS) is 10.2. The van der Waals surface area contributed by atoms with Crippen molar-refractivity contribution in [1.29, 1.82) is 0 Å². The number of carbonyl (C=O) groups excluding carboxylic acids is 1. The van der Waals surface area contributed by atoms with Gasteiger partial charge in [-0.2, -0.15) is 0 Å². The van der Waals surface area contributed by atoms with Crippen molar-refractivity contribution < 1.29 is 14.3 Å². The molecule has 0 saturated carbocycles. The summed E-state index contributed by atoms with van der Waals surface area (Å²) in [6.45, 7) is 3.89. The van der Waals surface area contributed by atoms with Crippen LogP contribution in [0.4, 0.5) is 5.69 Å². The van der Waals surface area contributed by atoms with Crippen molar-refractivity contribution in [3.63, 3.8) is 0 Å². The molecule has 0 unspecified atom stereocenters. The monoisotopic (exact) mass is 261 g/mol. The number of aromatic amines is 1. The van der Waals surface area contributed by atoms with Gasteiger partial charge in [-0.25, -0.2) is 4.79 Å². The van der Waals surface area contributed by atoms with Crippen LogP contribution in [0.25, 0.3) is 0 Å². The molecule has 0 saturated heterocycles. The number of hydrogen-bond acceptors (Lipinski definition) is 5. The molecule has 6 nitrogen and oxygen atoms in total. The molecule has 0 amide bonds. The van der Waals surface area contributed by atoms with E-state index in [0.717, 1.165) is 5.69 Å². The maximum Gasteiger partial charge on any atom is 0.340 e. The summed E-state index contributed by atoms with van der Waals surface area (Å²) in [6.07, 6.45) is 0. The van der Waals surface area contributed by atoms with Crippen molar-refractivity contribution in [2.45, 2.75) is 13.8 Å². The van der Waals surface area contributed by atoms with Gasteiger partial charge in [0.05, 0.1) is 17.9 Å². The van der Waals surface area contributed by atoms with Gasteiger partial charge in [-0.15, -0.1) is 5.10 Å². The van der Waals surface area contributed by atoms with Crippen molar-refractivity contribution >= 4 is 11.7 Å². The largest absolute Gasteiger partial charge is 0.462 e. The Labute approximate surface area is 110 Å². The zero-order chi connectivity index (χ0) is 13.8. The van der Waals surface area contributed by atoms with Crippen LogP contribution in [0.15, 0.2) is 24.3 Å². The lowest BCUT2D eigenvalue weighted by molar-refractivity contribution is 0.0527. The van der Waals surface area contributed by atoms with Gasteiger partial charge in [0.15, 0.2) is 5.75 Å². The Kier molecular flexibility index (Phi) is 3.70. The van der Waals surface area contributed by atoms with Crippen LogP contribution in [0, 0.1) is 6.92 Å². The number of anilines is 1. The van der Waals surface area contributed by atoms with E-state index < -0.39 is 5.97 Å². The predicted molar refractivity (Wildman–Crippen MR) is 70.2 cm³/mol. The fourth-order valence-electron chi connectivity index (χ4n) is 1.58. The maximum atomic E-state index is 11.7. The van der Waals surface area contributed by atoms with Gasteiger partial charge < -0.3 is 15.2 Å². The summed E-state index contributed by atoms with van der Waals surface area (Å²) < 4.78 is 10.4. The predicted octanol–water partition coefficient (Wildman–Crippen LogP) is 2.27. The molecule has 0 fully saturated rings. The molecule has 2 rings (SSSR count). The van der Waals surface area contributed by atoms with Crippen molar-refractivity contribution in [2.75, 3.05) is 12.3 Å². The van der Waals surface area contributed by atoms with Crippen LogP contribution < -0.4 is 10.5 Å². The second-order valence-corrected chi connectivity index (χ2v) is 3.93. The number of carbonyl (C=O) groups is 1. The van der Waals surface area contributed by atoms with E-state index in [9.17, 15) is 4.79 Å².